The van der Waals surface area contributed by atoms with E-state index in [1.165, 1.54) is 24.7 Å². The van der Waals surface area contributed by atoms with Gasteiger partial charge in [0.1, 0.15) is 0 Å². The van der Waals surface area contributed by atoms with E-state index < -0.39 is 0 Å². The van der Waals surface area contributed by atoms with Crippen molar-refractivity contribution in [3.05, 3.63) is 35.4 Å². The minimum atomic E-state index is -0.0460. The number of carbonyl (C=O) groups excluding carboxylic acids is 1. The van der Waals surface area contributed by atoms with Crippen LogP contribution in [0.4, 0.5) is 0 Å². The third kappa shape index (κ3) is 2.68. The van der Waals surface area contributed by atoms with Crippen LogP contribution in [0.15, 0.2) is 24.3 Å². The molecule has 0 saturated heterocycles. The molecule has 0 amide bonds. The number of ether oxygens (including phenoxy) is 1. The molecule has 0 heterocycles. The van der Waals surface area contributed by atoms with Crippen LogP contribution in [0.1, 0.15) is 42.7 Å². The number of hydrogen-bond acceptors (Lipinski definition) is 2. The smallest absolute Gasteiger partial charge is 0.309 e. The first-order valence-electron chi connectivity index (χ1n) is 6.37. The second-order valence-corrected chi connectivity index (χ2v) is 4.93. The molecule has 0 bridgehead atoms. The number of hydrogen-bond donors (Lipinski definition) is 0. The lowest BCUT2D eigenvalue weighted by Crippen LogP contribution is -2.26. The molecule has 2 rings (SSSR count). The van der Waals surface area contributed by atoms with Crippen LogP contribution < -0.4 is 0 Å². The highest BCUT2D eigenvalue weighted by Gasteiger charge is 2.32. The quantitative estimate of drug-likeness (QED) is 0.730. The molecule has 2 nitrogen and oxygen atoms in total. The van der Waals surface area contributed by atoms with E-state index in [0.29, 0.717) is 5.92 Å². The fourth-order valence-electron chi connectivity index (χ4n) is 2.78. The molecule has 2 atom stereocenters. The van der Waals surface area contributed by atoms with Gasteiger partial charge in [0.05, 0.1) is 13.0 Å². The van der Waals surface area contributed by atoms with Crippen LogP contribution in [-0.2, 0) is 9.53 Å². The van der Waals surface area contributed by atoms with Gasteiger partial charge in [-0.1, -0.05) is 42.7 Å². The lowest BCUT2D eigenvalue weighted by molar-refractivity contribution is -0.147. The second kappa shape index (κ2) is 5.35. The van der Waals surface area contributed by atoms with Crippen molar-refractivity contribution in [3.8, 4) is 0 Å². The maximum Gasteiger partial charge on any atom is 0.309 e. The number of rotatable bonds is 2. The van der Waals surface area contributed by atoms with E-state index in [1.54, 1.807) is 0 Å². The molecule has 1 aliphatic carbocycles. The molecule has 17 heavy (non-hydrogen) atoms. The lowest BCUT2D eigenvalue weighted by atomic mass is 9.75. The zero-order chi connectivity index (χ0) is 12.3. The summed E-state index contributed by atoms with van der Waals surface area (Å²) in [4.78, 5) is 11.8. The topological polar surface area (TPSA) is 26.3 Å². The molecule has 1 fully saturated rings. The van der Waals surface area contributed by atoms with Crippen molar-refractivity contribution in [1.82, 2.24) is 0 Å². The maximum absolute atomic E-state index is 11.8. The Morgan fingerprint density at radius 1 is 1.18 bits per heavy atom. The van der Waals surface area contributed by atoms with Crippen LogP contribution >= 0.6 is 0 Å². The molecular formula is C15H20O2. The Bertz CT molecular complexity index is 380. The van der Waals surface area contributed by atoms with E-state index in [-0.39, 0.29) is 11.9 Å². The number of benzene rings is 1. The molecule has 1 aromatic rings. The van der Waals surface area contributed by atoms with Crippen molar-refractivity contribution in [2.45, 2.75) is 38.5 Å². The number of carbonyl (C=O) groups is 1. The zero-order valence-corrected chi connectivity index (χ0v) is 10.6. The summed E-state index contributed by atoms with van der Waals surface area (Å²) >= 11 is 0. The molecule has 0 aromatic heterocycles. The van der Waals surface area contributed by atoms with Gasteiger partial charge in [-0.3, -0.25) is 4.79 Å². The van der Waals surface area contributed by atoms with Crippen LogP contribution in [0, 0.1) is 12.8 Å². The third-order valence-corrected chi connectivity index (χ3v) is 3.78. The molecule has 1 saturated carbocycles. The molecule has 0 radical (unpaired) electrons. The van der Waals surface area contributed by atoms with Crippen LogP contribution in [0.25, 0.3) is 0 Å². The minimum Gasteiger partial charge on any atom is -0.469 e. The average Bonchev–Trinajstić information content (AvgIpc) is 2.39. The summed E-state index contributed by atoms with van der Waals surface area (Å²) in [7, 11) is 1.49. The van der Waals surface area contributed by atoms with Crippen LogP contribution in [-0.4, -0.2) is 13.1 Å². The van der Waals surface area contributed by atoms with Gasteiger partial charge in [-0.25, -0.2) is 0 Å². The van der Waals surface area contributed by atoms with Crippen molar-refractivity contribution < 1.29 is 9.53 Å². The molecule has 1 aromatic carbocycles. The Balaban J connectivity index is 2.21. The summed E-state index contributed by atoms with van der Waals surface area (Å²) in [6.07, 6.45) is 4.42. The lowest BCUT2D eigenvalue weighted by Gasteiger charge is -2.29. The van der Waals surface area contributed by atoms with Crippen LogP contribution in [0.5, 0.6) is 0 Å². The first-order valence-corrected chi connectivity index (χ1v) is 6.37. The first kappa shape index (κ1) is 12.2. The molecule has 2 heteroatoms. The predicted molar refractivity (Wildman–Crippen MR) is 67.9 cm³/mol. The summed E-state index contributed by atoms with van der Waals surface area (Å²) in [6.45, 7) is 2.09. The Morgan fingerprint density at radius 3 is 2.47 bits per heavy atom. The van der Waals surface area contributed by atoms with Crippen molar-refractivity contribution in [1.29, 1.82) is 0 Å². The number of esters is 1. The normalized spacial score (nSPS) is 24.4. The summed E-state index contributed by atoms with van der Waals surface area (Å²) in [5, 5.41) is 0. The fourth-order valence-corrected chi connectivity index (χ4v) is 2.78. The van der Waals surface area contributed by atoms with Gasteiger partial charge in [0.25, 0.3) is 0 Å². The Kier molecular flexibility index (Phi) is 3.82. The average molecular weight is 232 g/mol. The molecule has 1 aliphatic rings. The predicted octanol–water partition coefficient (Wildman–Crippen LogP) is 3.44. The van der Waals surface area contributed by atoms with Crippen molar-refractivity contribution in [2.24, 2.45) is 5.92 Å². The van der Waals surface area contributed by atoms with E-state index in [1.807, 2.05) is 0 Å². The summed E-state index contributed by atoms with van der Waals surface area (Å²) in [5.74, 6) is 0.350. The summed E-state index contributed by atoms with van der Waals surface area (Å²) in [5.41, 5.74) is 2.55. The largest absolute Gasteiger partial charge is 0.469 e. The van der Waals surface area contributed by atoms with Crippen LogP contribution in [0.2, 0.25) is 0 Å². The van der Waals surface area contributed by atoms with Gasteiger partial charge in [-0.15, -0.1) is 0 Å². The van der Waals surface area contributed by atoms with Gasteiger partial charge in [-0.05, 0) is 31.2 Å². The molecule has 0 N–H and O–H groups in total. The molecule has 0 spiro atoms. The molecule has 0 aliphatic heterocycles. The maximum atomic E-state index is 11.8. The SMILES string of the molecule is COC(=O)C1CCCCC1c1ccc(C)cc1. The fraction of sp³-hybridized carbons (Fsp3) is 0.533. The molecule has 92 valence electrons. The highest BCUT2D eigenvalue weighted by molar-refractivity contribution is 5.73. The van der Waals surface area contributed by atoms with E-state index in [9.17, 15) is 4.79 Å². The minimum absolute atomic E-state index is 0.0460. The van der Waals surface area contributed by atoms with Gasteiger partial charge >= 0.3 is 5.97 Å². The van der Waals surface area contributed by atoms with Gasteiger partial charge < -0.3 is 4.74 Å². The third-order valence-electron chi connectivity index (χ3n) is 3.78. The van der Waals surface area contributed by atoms with E-state index in [2.05, 4.69) is 31.2 Å². The van der Waals surface area contributed by atoms with Crippen molar-refractivity contribution in [2.75, 3.05) is 7.11 Å². The Morgan fingerprint density at radius 2 is 1.82 bits per heavy atom. The van der Waals surface area contributed by atoms with E-state index in [4.69, 9.17) is 4.74 Å². The first-order chi connectivity index (χ1) is 8.22. The van der Waals surface area contributed by atoms with Crippen LogP contribution in [0.3, 0.4) is 0 Å². The van der Waals surface area contributed by atoms with Gasteiger partial charge in [0.2, 0.25) is 0 Å². The highest BCUT2D eigenvalue weighted by atomic mass is 16.5. The summed E-state index contributed by atoms with van der Waals surface area (Å²) < 4.78 is 4.93. The van der Waals surface area contributed by atoms with E-state index >= 15 is 0 Å². The van der Waals surface area contributed by atoms with Gasteiger partial charge in [0.15, 0.2) is 0 Å². The highest BCUT2D eigenvalue weighted by Crippen LogP contribution is 2.38. The Hall–Kier alpha value is -1.31. The zero-order valence-electron chi connectivity index (χ0n) is 10.6. The standard InChI is InChI=1S/C15H20O2/c1-11-7-9-12(10-8-11)13-5-3-4-6-14(13)15(16)17-2/h7-10,13-14H,3-6H2,1-2H3. The summed E-state index contributed by atoms with van der Waals surface area (Å²) in [6, 6.07) is 8.55. The van der Waals surface area contributed by atoms with Crippen molar-refractivity contribution in [3.63, 3.8) is 0 Å². The number of aryl methyl sites for hydroxylation is 1. The Labute approximate surface area is 103 Å². The van der Waals surface area contributed by atoms with Crippen molar-refractivity contribution >= 4 is 5.97 Å². The van der Waals surface area contributed by atoms with E-state index in [0.717, 1.165) is 19.3 Å². The second-order valence-electron chi connectivity index (χ2n) is 4.93. The van der Waals surface area contributed by atoms with Gasteiger partial charge in [-0.2, -0.15) is 0 Å². The molecular weight excluding hydrogens is 212 g/mol. The van der Waals surface area contributed by atoms with Gasteiger partial charge in [0, 0.05) is 0 Å². The number of methoxy groups -OCH3 is 1. The monoisotopic (exact) mass is 232 g/mol. The molecule has 2 unspecified atom stereocenters.